The van der Waals surface area contributed by atoms with Crippen molar-refractivity contribution in [1.82, 2.24) is 0 Å². The second-order valence-corrected chi connectivity index (χ2v) is 8.19. The molecule has 0 unspecified atom stereocenters. The van der Waals surface area contributed by atoms with Gasteiger partial charge in [0.2, 0.25) is 0 Å². The van der Waals surface area contributed by atoms with Crippen molar-refractivity contribution < 1.29 is 9.47 Å². The maximum atomic E-state index is 6.38. The van der Waals surface area contributed by atoms with Crippen molar-refractivity contribution in [1.29, 1.82) is 0 Å². The van der Waals surface area contributed by atoms with Gasteiger partial charge in [0.25, 0.3) is 0 Å². The Kier molecular flexibility index (Phi) is 6.46. The van der Waals surface area contributed by atoms with Gasteiger partial charge >= 0.3 is 0 Å². The van der Waals surface area contributed by atoms with Crippen LogP contribution in [0.5, 0.6) is 11.5 Å². The third-order valence-electron chi connectivity index (χ3n) is 5.14. The SMILES string of the molecule is CCCCCC1=CCc2c(c(OC(C)C)c3ccccc3c2OC(C)C)C1. The van der Waals surface area contributed by atoms with Gasteiger partial charge in [-0.1, -0.05) is 55.7 Å². The first-order chi connectivity index (χ1) is 13.0. The molecule has 27 heavy (non-hydrogen) atoms. The average Bonchev–Trinajstić information content (AvgIpc) is 2.64. The van der Waals surface area contributed by atoms with Crippen LogP contribution < -0.4 is 9.47 Å². The van der Waals surface area contributed by atoms with Crippen LogP contribution in [0.4, 0.5) is 0 Å². The molecule has 1 aliphatic carbocycles. The molecule has 3 rings (SSSR count). The minimum Gasteiger partial charge on any atom is -0.490 e. The van der Waals surface area contributed by atoms with Crippen LogP contribution >= 0.6 is 0 Å². The van der Waals surface area contributed by atoms with Gasteiger partial charge in [-0.2, -0.15) is 0 Å². The second kappa shape index (κ2) is 8.82. The molecule has 0 heterocycles. The minimum atomic E-state index is 0.156. The third-order valence-corrected chi connectivity index (χ3v) is 5.14. The van der Waals surface area contributed by atoms with Crippen LogP contribution in [0.25, 0.3) is 10.8 Å². The van der Waals surface area contributed by atoms with Crippen molar-refractivity contribution in [2.24, 2.45) is 0 Å². The smallest absolute Gasteiger partial charge is 0.131 e. The highest BCUT2D eigenvalue weighted by Gasteiger charge is 2.25. The van der Waals surface area contributed by atoms with E-state index in [-0.39, 0.29) is 12.2 Å². The quantitative estimate of drug-likeness (QED) is 0.369. The van der Waals surface area contributed by atoms with Crippen molar-refractivity contribution in [3.8, 4) is 11.5 Å². The van der Waals surface area contributed by atoms with Crippen molar-refractivity contribution >= 4 is 10.8 Å². The van der Waals surface area contributed by atoms with E-state index < -0.39 is 0 Å². The summed E-state index contributed by atoms with van der Waals surface area (Å²) in [6.07, 6.45) is 9.72. The van der Waals surface area contributed by atoms with Gasteiger partial charge in [-0.25, -0.2) is 0 Å². The molecule has 2 aromatic carbocycles. The Labute approximate surface area is 164 Å². The first-order valence-corrected chi connectivity index (χ1v) is 10.6. The topological polar surface area (TPSA) is 18.5 Å². The molecule has 0 aromatic heterocycles. The molecule has 2 nitrogen and oxygen atoms in total. The van der Waals surface area contributed by atoms with Gasteiger partial charge < -0.3 is 9.47 Å². The largest absolute Gasteiger partial charge is 0.490 e. The Morgan fingerprint density at radius 1 is 0.852 bits per heavy atom. The molecule has 0 atom stereocenters. The Hall–Kier alpha value is -1.96. The molecule has 0 saturated heterocycles. The molecule has 0 N–H and O–H groups in total. The third kappa shape index (κ3) is 4.48. The van der Waals surface area contributed by atoms with E-state index in [1.807, 2.05) is 0 Å². The molecule has 0 amide bonds. The zero-order valence-corrected chi connectivity index (χ0v) is 17.6. The number of hydrogen-bond donors (Lipinski definition) is 0. The summed E-state index contributed by atoms with van der Waals surface area (Å²) in [4.78, 5) is 0. The lowest BCUT2D eigenvalue weighted by atomic mass is 9.85. The van der Waals surface area contributed by atoms with E-state index in [0.717, 1.165) is 24.3 Å². The summed E-state index contributed by atoms with van der Waals surface area (Å²) in [7, 11) is 0. The van der Waals surface area contributed by atoms with Crippen LogP contribution in [0.2, 0.25) is 0 Å². The highest BCUT2D eigenvalue weighted by molar-refractivity contribution is 5.96. The lowest BCUT2D eigenvalue weighted by Crippen LogP contribution is -2.15. The molecular formula is C25H34O2. The fourth-order valence-corrected chi connectivity index (χ4v) is 3.96. The summed E-state index contributed by atoms with van der Waals surface area (Å²) in [6, 6.07) is 8.54. The van der Waals surface area contributed by atoms with Gasteiger partial charge in [-0.05, 0) is 53.4 Å². The zero-order chi connectivity index (χ0) is 19.4. The molecule has 0 fully saturated rings. The van der Waals surface area contributed by atoms with E-state index in [9.17, 15) is 0 Å². The first kappa shape index (κ1) is 19.8. The number of rotatable bonds is 8. The summed E-state index contributed by atoms with van der Waals surface area (Å²) in [5.74, 6) is 2.11. The summed E-state index contributed by atoms with van der Waals surface area (Å²) in [5.41, 5.74) is 4.21. The number of allylic oxidation sites excluding steroid dienone is 2. The van der Waals surface area contributed by atoms with E-state index in [1.165, 1.54) is 47.6 Å². The van der Waals surface area contributed by atoms with Crippen LogP contribution in [0.15, 0.2) is 35.9 Å². The summed E-state index contributed by atoms with van der Waals surface area (Å²) >= 11 is 0. The van der Waals surface area contributed by atoms with E-state index in [2.05, 4.69) is 65.0 Å². The molecule has 1 aliphatic rings. The first-order valence-electron chi connectivity index (χ1n) is 10.6. The fourth-order valence-electron chi connectivity index (χ4n) is 3.96. The molecular weight excluding hydrogens is 332 g/mol. The van der Waals surface area contributed by atoms with E-state index in [1.54, 1.807) is 5.57 Å². The molecule has 2 heteroatoms. The van der Waals surface area contributed by atoms with Crippen LogP contribution in [0, 0.1) is 0 Å². The lowest BCUT2D eigenvalue weighted by molar-refractivity contribution is 0.235. The maximum absolute atomic E-state index is 6.38. The lowest BCUT2D eigenvalue weighted by Gasteiger charge is -2.27. The minimum absolute atomic E-state index is 0.156. The van der Waals surface area contributed by atoms with Crippen molar-refractivity contribution in [2.75, 3.05) is 0 Å². The molecule has 2 aromatic rings. The van der Waals surface area contributed by atoms with Gasteiger partial charge in [0, 0.05) is 21.9 Å². The van der Waals surface area contributed by atoms with Gasteiger partial charge in [-0.3, -0.25) is 0 Å². The second-order valence-electron chi connectivity index (χ2n) is 8.19. The number of unbranched alkanes of at least 4 members (excludes halogenated alkanes) is 2. The average molecular weight is 367 g/mol. The highest BCUT2D eigenvalue weighted by atomic mass is 16.5. The number of fused-ring (bicyclic) bond motifs is 2. The molecule has 0 bridgehead atoms. The normalized spacial score (nSPS) is 13.8. The number of benzene rings is 2. The predicted molar refractivity (Wildman–Crippen MR) is 115 cm³/mol. The molecule has 146 valence electrons. The Morgan fingerprint density at radius 3 is 2.00 bits per heavy atom. The van der Waals surface area contributed by atoms with Crippen molar-refractivity contribution in [3.63, 3.8) is 0 Å². The molecule has 0 spiro atoms. The Morgan fingerprint density at radius 2 is 1.44 bits per heavy atom. The summed E-state index contributed by atoms with van der Waals surface area (Å²) < 4.78 is 12.7. The fraction of sp³-hybridized carbons (Fsp3) is 0.520. The summed E-state index contributed by atoms with van der Waals surface area (Å²) in [5, 5.41) is 2.35. The van der Waals surface area contributed by atoms with Gasteiger partial charge in [-0.15, -0.1) is 0 Å². The van der Waals surface area contributed by atoms with Crippen molar-refractivity contribution in [3.05, 3.63) is 47.0 Å². The molecule has 0 radical (unpaired) electrons. The predicted octanol–water partition coefficient (Wildman–Crippen LogP) is 7.02. The zero-order valence-electron chi connectivity index (χ0n) is 17.6. The van der Waals surface area contributed by atoms with Crippen LogP contribution in [-0.4, -0.2) is 12.2 Å². The molecule has 0 saturated carbocycles. The van der Waals surface area contributed by atoms with Crippen LogP contribution in [0.3, 0.4) is 0 Å². The van der Waals surface area contributed by atoms with Crippen molar-refractivity contribution in [2.45, 2.75) is 85.4 Å². The highest BCUT2D eigenvalue weighted by Crippen LogP contribution is 2.45. The Balaban J connectivity index is 2.11. The van der Waals surface area contributed by atoms with E-state index in [0.29, 0.717) is 0 Å². The van der Waals surface area contributed by atoms with E-state index in [4.69, 9.17) is 9.47 Å². The standard InChI is InChI=1S/C25H34O2/c1-6-7-8-11-19-14-15-22-23(16-19)25(27-18(4)5)21-13-10-9-12-20(21)24(22)26-17(2)3/h9-10,12-14,17-18H,6-8,11,15-16H2,1-5H3. The monoisotopic (exact) mass is 366 g/mol. The number of hydrogen-bond acceptors (Lipinski definition) is 2. The summed E-state index contributed by atoms with van der Waals surface area (Å²) in [6.45, 7) is 10.7. The van der Waals surface area contributed by atoms with Gasteiger partial charge in [0.1, 0.15) is 11.5 Å². The van der Waals surface area contributed by atoms with Gasteiger partial charge in [0.15, 0.2) is 0 Å². The molecule has 0 aliphatic heterocycles. The van der Waals surface area contributed by atoms with Crippen LogP contribution in [0.1, 0.15) is 71.4 Å². The van der Waals surface area contributed by atoms with Crippen LogP contribution in [-0.2, 0) is 12.8 Å². The van der Waals surface area contributed by atoms with Gasteiger partial charge in [0.05, 0.1) is 12.2 Å². The van der Waals surface area contributed by atoms with E-state index >= 15 is 0 Å². The number of ether oxygens (including phenoxy) is 2. The Bertz CT molecular complexity index is 815. The maximum Gasteiger partial charge on any atom is 0.131 e.